The average Bonchev–Trinajstić information content (AvgIpc) is 2.89. The molecule has 2 heterocycles. The van der Waals surface area contributed by atoms with Crippen molar-refractivity contribution >= 4 is 11.7 Å². The largest absolute Gasteiger partial charge is 0.354 e. The van der Waals surface area contributed by atoms with Gasteiger partial charge >= 0.3 is 0 Å². The lowest BCUT2D eigenvalue weighted by atomic mass is 10.0. The highest BCUT2D eigenvalue weighted by molar-refractivity contribution is 6.02. The number of aromatic nitrogens is 3. The lowest BCUT2D eigenvalue weighted by molar-refractivity contribution is 0.0934. The number of Topliss-reactive ketones (excluding diaryl/α,β-unsaturated/α-hetero) is 1. The molecule has 0 aliphatic carbocycles. The van der Waals surface area contributed by atoms with Crippen molar-refractivity contribution in [3.05, 3.63) is 39.5 Å². The number of amides is 1. The molecule has 0 aliphatic rings. The summed E-state index contributed by atoms with van der Waals surface area (Å²) in [6.07, 6.45) is 0.718. The zero-order valence-corrected chi connectivity index (χ0v) is 15.5. The first-order chi connectivity index (χ1) is 11.1. The third-order valence-electron chi connectivity index (χ3n) is 4.56. The molecular formula is C18H26N4O2. The van der Waals surface area contributed by atoms with E-state index in [4.69, 9.17) is 0 Å². The van der Waals surface area contributed by atoms with E-state index in [0.29, 0.717) is 16.8 Å². The summed E-state index contributed by atoms with van der Waals surface area (Å²) in [4.78, 5) is 27.3. The predicted octanol–water partition coefficient (Wildman–Crippen LogP) is 2.55. The van der Waals surface area contributed by atoms with E-state index in [-0.39, 0.29) is 17.7 Å². The Hall–Kier alpha value is -2.37. The van der Waals surface area contributed by atoms with Crippen molar-refractivity contribution in [2.45, 2.75) is 54.0 Å². The maximum atomic E-state index is 12.6. The fourth-order valence-corrected chi connectivity index (χ4v) is 3.27. The Labute approximate surface area is 142 Å². The minimum Gasteiger partial charge on any atom is -0.354 e. The van der Waals surface area contributed by atoms with E-state index in [2.05, 4.69) is 15.4 Å². The van der Waals surface area contributed by atoms with Crippen molar-refractivity contribution in [2.24, 2.45) is 7.05 Å². The van der Waals surface area contributed by atoms with Crippen LogP contribution >= 0.6 is 0 Å². The normalized spacial score (nSPS) is 12.3. The van der Waals surface area contributed by atoms with Crippen LogP contribution in [0.4, 0.5) is 0 Å². The van der Waals surface area contributed by atoms with E-state index in [1.165, 1.54) is 6.92 Å². The minimum absolute atomic E-state index is 0.0324. The molecule has 130 valence electrons. The van der Waals surface area contributed by atoms with Gasteiger partial charge in [0.15, 0.2) is 5.78 Å². The van der Waals surface area contributed by atoms with E-state index < -0.39 is 0 Å². The minimum atomic E-state index is -0.185. The Balaban J connectivity index is 2.15. The Kier molecular flexibility index (Phi) is 4.96. The molecule has 2 aromatic rings. The average molecular weight is 330 g/mol. The molecule has 6 nitrogen and oxygen atoms in total. The van der Waals surface area contributed by atoms with Crippen LogP contribution in [0.5, 0.6) is 0 Å². The second-order valence-electron chi connectivity index (χ2n) is 6.53. The fourth-order valence-electron chi connectivity index (χ4n) is 3.27. The smallest absolute Gasteiger partial charge is 0.268 e. The summed E-state index contributed by atoms with van der Waals surface area (Å²) in [7, 11) is 1.92. The number of aromatic amines is 1. The number of hydrogen-bond acceptors (Lipinski definition) is 3. The molecule has 0 bridgehead atoms. The van der Waals surface area contributed by atoms with Gasteiger partial charge in [0.1, 0.15) is 5.69 Å². The number of nitrogens with zero attached hydrogens (tertiary/aromatic N) is 2. The molecule has 0 fully saturated rings. The molecule has 1 atom stereocenters. The number of hydrogen-bond donors (Lipinski definition) is 2. The maximum absolute atomic E-state index is 12.6. The molecule has 1 amide bonds. The van der Waals surface area contributed by atoms with Gasteiger partial charge in [-0.1, -0.05) is 0 Å². The van der Waals surface area contributed by atoms with Gasteiger partial charge in [-0.3, -0.25) is 14.3 Å². The van der Waals surface area contributed by atoms with Gasteiger partial charge in [-0.25, -0.2) is 0 Å². The van der Waals surface area contributed by atoms with Crippen LogP contribution in [-0.4, -0.2) is 32.5 Å². The van der Waals surface area contributed by atoms with Crippen LogP contribution < -0.4 is 5.32 Å². The third kappa shape index (κ3) is 3.27. The summed E-state index contributed by atoms with van der Waals surface area (Å²) < 4.78 is 1.86. The summed E-state index contributed by atoms with van der Waals surface area (Å²) in [5, 5.41) is 7.42. The molecule has 2 rings (SSSR count). The third-order valence-corrected chi connectivity index (χ3v) is 4.56. The van der Waals surface area contributed by atoms with Crippen molar-refractivity contribution < 1.29 is 9.59 Å². The summed E-state index contributed by atoms with van der Waals surface area (Å²) >= 11 is 0. The van der Waals surface area contributed by atoms with Crippen LogP contribution in [0, 0.1) is 27.7 Å². The molecule has 0 saturated carbocycles. The lowest BCUT2D eigenvalue weighted by Crippen LogP contribution is -2.35. The van der Waals surface area contributed by atoms with Crippen molar-refractivity contribution in [3.8, 4) is 0 Å². The van der Waals surface area contributed by atoms with E-state index >= 15 is 0 Å². The Morgan fingerprint density at radius 1 is 1.25 bits per heavy atom. The highest BCUT2D eigenvalue weighted by Gasteiger charge is 2.21. The second-order valence-corrected chi connectivity index (χ2v) is 6.53. The zero-order chi connectivity index (χ0) is 18.2. The standard InChI is InChI=1S/C18H26N4O2/c1-9(8-15-11(3)21-22(7)13(15)5)19-18(24)17-10(2)16(14(6)23)12(4)20-17/h9,20H,8H2,1-7H3,(H,19,24). The van der Waals surface area contributed by atoms with Gasteiger partial charge < -0.3 is 10.3 Å². The molecule has 0 aromatic carbocycles. The number of aryl methyl sites for hydroxylation is 3. The lowest BCUT2D eigenvalue weighted by Gasteiger charge is -2.14. The molecule has 0 spiro atoms. The monoisotopic (exact) mass is 330 g/mol. The topological polar surface area (TPSA) is 79.8 Å². The van der Waals surface area contributed by atoms with Gasteiger partial charge in [-0.05, 0) is 59.1 Å². The Bertz CT molecular complexity index is 799. The van der Waals surface area contributed by atoms with Crippen LogP contribution in [-0.2, 0) is 13.5 Å². The molecule has 6 heteroatoms. The summed E-state index contributed by atoms with van der Waals surface area (Å²) in [6, 6.07) is -0.0390. The van der Waals surface area contributed by atoms with Crippen LogP contribution in [0.15, 0.2) is 0 Å². The molecule has 0 saturated heterocycles. The van der Waals surface area contributed by atoms with Crippen molar-refractivity contribution in [2.75, 3.05) is 0 Å². The SMILES string of the molecule is CC(=O)c1c(C)[nH]c(C(=O)NC(C)Cc2c(C)nn(C)c2C)c1C. The molecule has 1 unspecified atom stereocenters. The first kappa shape index (κ1) is 18.0. The number of rotatable bonds is 5. The van der Waals surface area contributed by atoms with Crippen LogP contribution in [0.25, 0.3) is 0 Å². The van der Waals surface area contributed by atoms with Crippen LogP contribution in [0.3, 0.4) is 0 Å². The van der Waals surface area contributed by atoms with Gasteiger partial charge in [0.25, 0.3) is 5.91 Å². The number of nitrogens with one attached hydrogen (secondary N) is 2. The zero-order valence-electron chi connectivity index (χ0n) is 15.5. The first-order valence-electron chi connectivity index (χ1n) is 8.13. The molecule has 2 N–H and O–H groups in total. The quantitative estimate of drug-likeness (QED) is 0.827. The van der Waals surface area contributed by atoms with Crippen molar-refractivity contribution in [3.63, 3.8) is 0 Å². The molecular weight excluding hydrogens is 304 g/mol. The highest BCUT2D eigenvalue weighted by Crippen LogP contribution is 2.19. The van der Waals surface area contributed by atoms with Crippen molar-refractivity contribution in [1.82, 2.24) is 20.1 Å². The van der Waals surface area contributed by atoms with E-state index in [1.807, 2.05) is 39.4 Å². The Morgan fingerprint density at radius 2 is 1.88 bits per heavy atom. The van der Waals surface area contributed by atoms with Crippen molar-refractivity contribution in [1.29, 1.82) is 0 Å². The van der Waals surface area contributed by atoms with E-state index in [9.17, 15) is 9.59 Å². The van der Waals surface area contributed by atoms with Gasteiger partial charge in [-0.2, -0.15) is 5.10 Å². The number of ketones is 1. The van der Waals surface area contributed by atoms with Gasteiger partial charge in [-0.15, -0.1) is 0 Å². The first-order valence-corrected chi connectivity index (χ1v) is 8.13. The maximum Gasteiger partial charge on any atom is 0.268 e. The predicted molar refractivity (Wildman–Crippen MR) is 93.6 cm³/mol. The molecule has 2 aromatic heterocycles. The molecule has 24 heavy (non-hydrogen) atoms. The summed E-state index contributed by atoms with van der Waals surface area (Å²) in [5.41, 5.74) is 5.77. The summed E-state index contributed by atoms with van der Waals surface area (Å²) in [6.45, 7) is 11.1. The molecule has 0 radical (unpaired) electrons. The number of carbonyl (C=O) groups excluding carboxylic acids is 2. The van der Waals surface area contributed by atoms with Gasteiger partial charge in [0.05, 0.1) is 5.69 Å². The van der Waals surface area contributed by atoms with E-state index in [1.54, 1.807) is 6.92 Å². The Morgan fingerprint density at radius 3 is 2.33 bits per heavy atom. The van der Waals surface area contributed by atoms with E-state index in [0.717, 1.165) is 29.1 Å². The fraction of sp³-hybridized carbons (Fsp3) is 0.500. The second kappa shape index (κ2) is 6.63. The molecule has 0 aliphatic heterocycles. The van der Waals surface area contributed by atoms with Gasteiger partial charge in [0, 0.05) is 30.0 Å². The number of H-pyrrole nitrogens is 1. The number of carbonyl (C=O) groups is 2. The highest BCUT2D eigenvalue weighted by atomic mass is 16.2. The van der Waals surface area contributed by atoms with Gasteiger partial charge in [0.2, 0.25) is 0 Å². The van der Waals surface area contributed by atoms with Crippen LogP contribution in [0.1, 0.15) is 62.9 Å². The summed E-state index contributed by atoms with van der Waals surface area (Å²) in [5.74, 6) is -0.218. The van der Waals surface area contributed by atoms with Crippen LogP contribution in [0.2, 0.25) is 0 Å².